The summed E-state index contributed by atoms with van der Waals surface area (Å²) in [4.78, 5) is 29.4. The van der Waals surface area contributed by atoms with Gasteiger partial charge in [0.25, 0.3) is 5.91 Å². The van der Waals surface area contributed by atoms with Crippen LogP contribution in [0, 0.1) is 13.8 Å². The molecule has 2 aromatic rings. The maximum atomic E-state index is 12.7. The molecule has 0 radical (unpaired) electrons. The summed E-state index contributed by atoms with van der Waals surface area (Å²) in [5, 5.41) is 0. The third kappa shape index (κ3) is 4.61. The summed E-state index contributed by atoms with van der Waals surface area (Å²) >= 11 is 0. The molecule has 0 aliphatic rings. The minimum atomic E-state index is -0.426. The van der Waals surface area contributed by atoms with Crippen molar-refractivity contribution in [3.63, 3.8) is 0 Å². The van der Waals surface area contributed by atoms with E-state index in [0.717, 1.165) is 0 Å². The molecule has 0 bridgehead atoms. The number of carbonyl (C=O) groups is 2. The van der Waals surface area contributed by atoms with Gasteiger partial charge in [0, 0.05) is 12.7 Å². The fourth-order valence-corrected chi connectivity index (χ4v) is 2.80. The molecule has 1 amide bonds. The zero-order valence-electron chi connectivity index (χ0n) is 16.4. The highest BCUT2D eigenvalue weighted by Gasteiger charge is 2.24. The van der Waals surface area contributed by atoms with Crippen molar-refractivity contribution in [1.82, 2.24) is 9.88 Å². The van der Waals surface area contributed by atoms with E-state index >= 15 is 0 Å². The van der Waals surface area contributed by atoms with Crippen LogP contribution in [0.1, 0.15) is 39.0 Å². The second kappa shape index (κ2) is 9.12. The Hall–Kier alpha value is -2.96. The fourth-order valence-electron chi connectivity index (χ4n) is 2.80. The molecule has 0 fully saturated rings. The van der Waals surface area contributed by atoms with Gasteiger partial charge in [-0.2, -0.15) is 0 Å². The van der Waals surface area contributed by atoms with E-state index in [1.165, 1.54) is 0 Å². The molecule has 0 unspecified atom stereocenters. The minimum absolute atomic E-state index is 0.213. The molecular formula is C20H26N2O5. The number of rotatable bonds is 8. The lowest BCUT2D eigenvalue weighted by atomic mass is 10.1. The zero-order chi connectivity index (χ0) is 20.0. The Bertz CT molecular complexity index is 813. The average Bonchev–Trinajstić information content (AvgIpc) is 2.95. The van der Waals surface area contributed by atoms with Gasteiger partial charge in [-0.1, -0.05) is 12.1 Å². The number of nitrogens with one attached hydrogen (secondary N) is 1. The summed E-state index contributed by atoms with van der Waals surface area (Å²) in [6, 6.07) is 7.34. The Labute approximate surface area is 159 Å². The van der Waals surface area contributed by atoms with Crippen molar-refractivity contribution in [1.29, 1.82) is 0 Å². The first kappa shape index (κ1) is 20.4. The molecule has 0 atom stereocenters. The summed E-state index contributed by atoms with van der Waals surface area (Å²) in [6.07, 6.45) is 0. The lowest BCUT2D eigenvalue weighted by molar-refractivity contribution is 0.0525. The highest BCUT2D eigenvalue weighted by Crippen LogP contribution is 2.25. The number of hydrogen-bond donors (Lipinski definition) is 1. The lowest BCUT2D eigenvalue weighted by Gasteiger charge is -2.18. The van der Waals surface area contributed by atoms with Crippen molar-refractivity contribution in [2.24, 2.45) is 0 Å². The summed E-state index contributed by atoms with van der Waals surface area (Å²) in [5.74, 6) is 0.624. The number of para-hydroxylation sites is 2. The van der Waals surface area contributed by atoms with Gasteiger partial charge >= 0.3 is 5.97 Å². The maximum Gasteiger partial charge on any atom is 0.340 e. The number of methoxy groups -OCH3 is 1. The molecule has 2 rings (SSSR count). The van der Waals surface area contributed by atoms with Gasteiger partial charge < -0.3 is 24.1 Å². The van der Waals surface area contributed by atoms with Crippen LogP contribution in [0.4, 0.5) is 0 Å². The second-order valence-electron chi connectivity index (χ2n) is 6.07. The van der Waals surface area contributed by atoms with Crippen LogP contribution in [0.15, 0.2) is 24.3 Å². The first-order chi connectivity index (χ1) is 12.9. The number of aromatic amines is 1. The van der Waals surface area contributed by atoms with E-state index in [1.807, 2.05) is 24.3 Å². The monoisotopic (exact) mass is 374 g/mol. The van der Waals surface area contributed by atoms with Gasteiger partial charge in [-0.15, -0.1) is 0 Å². The standard InChI is InChI=1S/C20H26N2O5/c1-6-26-20(24)17-13(2)18(21-14(17)3)19(23)22(4)11-12-27-16-10-8-7-9-15(16)25-5/h7-10,21H,6,11-12H2,1-5H3. The van der Waals surface area contributed by atoms with E-state index in [4.69, 9.17) is 14.2 Å². The van der Waals surface area contributed by atoms with Crippen molar-refractivity contribution >= 4 is 11.9 Å². The molecule has 0 saturated heterocycles. The third-order valence-electron chi connectivity index (χ3n) is 4.23. The summed E-state index contributed by atoms with van der Waals surface area (Å²) in [7, 11) is 3.27. The van der Waals surface area contributed by atoms with E-state index in [0.29, 0.717) is 47.2 Å². The number of amides is 1. The van der Waals surface area contributed by atoms with Gasteiger partial charge in [-0.05, 0) is 38.5 Å². The molecule has 1 aromatic carbocycles. The van der Waals surface area contributed by atoms with Crippen molar-refractivity contribution in [2.45, 2.75) is 20.8 Å². The number of ether oxygens (including phenoxy) is 3. The highest BCUT2D eigenvalue weighted by molar-refractivity contribution is 6.00. The van der Waals surface area contributed by atoms with Crippen LogP contribution >= 0.6 is 0 Å². The summed E-state index contributed by atoms with van der Waals surface area (Å²) in [6.45, 7) is 6.21. The number of esters is 1. The highest BCUT2D eigenvalue weighted by atomic mass is 16.5. The van der Waals surface area contributed by atoms with Gasteiger partial charge in [0.2, 0.25) is 0 Å². The molecule has 1 aromatic heterocycles. The fraction of sp³-hybridized carbons (Fsp3) is 0.400. The number of H-pyrrole nitrogens is 1. The van der Waals surface area contributed by atoms with E-state index < -0.39 is 5.97 Å². The molecule has 1 N–H and O–H groups in total. The Morgan fingerprint density at radius 2 is 1.81 bits per heavy atom. The van der Waals surface area contributed by atoms with Crippen molar-refractivity contribution in [2.75, 3.05) is 33.9 Å². The maximum absolute atomic E-state index is 12.7. The first-order valence-electron chi connectivity index (χ1n) is 8.78. The van der Waals surface area contributed by atoms with E-state index in [2.05, 4.69) is 4.98 Å². The SMILES string of the molecule is CCOC(=O)c1c(C)[nH]c(C(=O)N(C)CCOc2ccccc2OC)c1C. The summed E-state index contributed by atoms with van der Waals surface area (Å²) < 4.78 is 16.0. The Kier molecular flexibility index (Phi) is 6.87. The van der Waals surface area contributed by atoms with Gasteiger partial charge in [-0.25, -0.2) is 4.79 Å². The normalized spacial score (nSPS) is 10.4. The van der Waals surface area contributed by atoms with Crippen LogP contribution in [0.3, 0.4) is 0 Å². The molecule has 146 valence electrons. The Morgan fingerprint density at radius 1 is 1.15 bits per heavy atom. The Balaban J connectivity index is 2.03. The van der Waals surface area contributed by atoms with Crippen LogP contribution < -0.4 is 9.47 Å². The van der Waals surface area contributed by atoms with Gasteiger partial charge in [0.15, 0.2) is 11.5 Å². The summed E-state index contributed by atoms with van der Waals surface area (Å²) in [5.41, 5.74) is 2.01. The van der Waals surface area contributed by atoms with Crippen LogP contribution in [0.5, 0.6) is 11.5 Å². The number of benzene rings is 1. The van der Waals surface area contributed by atoms with E-state index in [1.54, 1.807) is 39.8 Å². The van der Waals surface area contributed by atoms with Gasteiger partial charge in [0.05, 0.1) is 25.8 Å². The molecule has 1 heterocycles. The minimum Gasteiger partial charge on any atom is -0.493 e. The van der Waals surface area contributed by atoms with Crippen LogP contribution in [0.25, 0.3) is 0 Å². The zero-order valence-corrected chi connectivity index (χ0v) is 16.4. The van der Waals surface area contributed by atoms with Crippen LogP contribution in [0.2, 0.25) is 0 Å². The van der Waals surface area contributed by atoms with Gasteiger partial charge in [0.1, 0.15) is 12.3 Å². The molecule has 7 heteroatoms. The number of hydrogen-bond acceptors (Lipinski definition) is 5. The molecule has 0 saturated carbocycles. The smallest absolute Gasteiger partial charge is 0.340 e. The number of aryl methyl sites for hydroxylation is 1. The van der Waals surface area contributed by atoms with E-state index in [9.17, 15) is 9.59 Å². The average molecular weight is 374 g/mol. The number of likely N-dealkylation sites (N-methyl/N-ethyl adjacent to an activating group) is 1. The van der Waals surface area contributed by atoms with E-state index in [-0.39, 0.29) is 12.5 Å². The number of nitrogens with zero attached hydrogens (tertiary/aromatic N) is 1. The first-order valence-corrected chi connectivity index (χ1v) is 8.78. The van der Waals surface area contributed by atoms with Crippen LogP contribution in [-0.2, 0) is 4.74 Å². The molecule has 0 aliphatic heterocycles. The number of aromatic nitrogens is 1. The van der Waals surface area contributed by atoms with Crippen LogP contribution in [-0.4, -0.2) is 55.7 Å². The quantitative estimate of drug-likeness (QED) is 0.719. The lowest BCUT2D eigenvalue weighted by Crippen LogP contribution is -2.31. The molecule has 0 aliphatic carbocycles. The predicted octanol–water partition coefficient (Wildman–Crippen LogP) is 2.97. The largest absolute Gasteiger partial charge is 0.493 e. The molecule has 7 nitrogen and oxygen atoms in total. The third-order valence-corrected chi connectivity index (χ3v) is 4.23. The predicted molar refractivity (Wildman–Crippen MR) is 102 cm³/mol. The number of carbonyl (C=O) groups excluding carboxylic acids is 2. The molecule has 27 heavy (non-hydrogen) atoms. The Morgan fingerprint density at radius 3 is 2.44 bits per heavy atom. The van der Waals surface area contributed by atoms with Crippen molar-refractivity contribution in [3.8, 4) is 11.5 Å². The topological polar surface area (TPSA) is 80.9 Å². The van der Waals surface area contributed by atoms with Crippen molar-refractivity contribution < 1.29 is 23.8 Å². The molecule has 0 spiro atoms. The van der Waals surface area contributed by atoms with Gasteiger partial charge in [-0.3, -0.25) is 4.79 Å². The molecular weight excluding hydrogens is 348 g/mol. The second-order valence-corrected chi connectivity index (χ2v) is 6.07. The van der Waals surface area contributed by atoms with Crippen molar-refractivity contribution in [3.05, 3.63) is 46.8 Å².